The zero-order valence-corrected chi connectivity index (χ0v) is 11.9. The molecule has 0 atom stereocenters. The van der Waals surface area contributed by atoms with Gasteiger partial charge in [-0.3, -0.25) is 4.79 Å². The van der Waals surface area contributed by atoms with Gasteiger partial charge in [-0.25, -0.2) is 8.42 Å². The minimum atomic E-state index is -5.43. The molecule has 1 aromatic rings. The van der Waals surface area contributed by atoms with Crippen LogP contribution in [0.25, 0.3) is 0 Å². The Balaban J connectivity index is 3.16. The Morgan fingerprint density at radius 3 is 2.25 bits per heavy atom. The van der Waals surface area contributed by atoms with Crippen molar-refractivity contribution in [2.24, 2.45) is 5.92 Å². The van der Waals surface area contributed by atoms with Gasteiger partial charge in [-0.2, -0.15) is 13.2 Å². The van der Waals surface area contributed by atoms with Crippen LogP contribution in [0.2, 0.25) is 0 Å². The lowest BCUT2D eigenvalue weighted by Gasteiger charge is -2.12. The number of hydrogen-bond donors (Lipinski definition) is 0. The Hall–Kier alpha value is -1.37. The van der Waals surface area contributed by atoms with Crippen molar-refractivity contribution < 1.29 is 26.4 Å². The summed E-state index contributed by atoms with van der Waals surface area (Å²) in [5.41, 5.74) is -5.49. The molecule has 0 fully saturated rings. The van der Waals surface area contributed by atoms with Crippen LogP contribution < -0.4 is 0 Å². The Kier molecular flexibility index (Phi) is 4.96. The maximum Gasteiger partial charge on any atom is 0.501 e. The zero-order chi connectivity index (χ0) is 15.6. The van der Waals surface area contributed by atoms with Crippen LogP contribution in [0.1, 0.15) is 25.8 Å². The number of hydrogen-bond acceptors (Lipinski definition) is 3. The number of halogens is 3. The third-order valence-corrected chi connectivity index (χ3v) is 4.18. The Morgan fingerprint density at radius 2 is 1.75 bits per heavy atom. The first-order valence-electron chi connectivity index (χ1n) is 5.96. The summed E-state index contributed by atoms with van der Waals surface area (Å²) in [6.45, 7) is 3.60. The van der Waals surface area contributed by atoms with Crippen molar-refractivity contribution in [2.45, 2.75) is 37.1 Å². The van der Waals surface area contributed by atoms with E-state index in [9.17, 15) is 26.4 Å². The summed E-state index contributed by atoms with van der Waals surface area (Å²) in [7, 11) is -5.43. The molecule has 1 aromatic carbocycles. The molecule has 112 valence electrons. The van der Waals surface area contributed by atoms with E-state index in [0.29, 0.717) is 0 Å². The second-order valence-corrected chi connectivity index (χ2v) is 6.78. The van der Waals surface area contributed by atoms with Crippen molar-refractivity contribution in [1.82, 2.24) is 0 Å². The van der Waals surface area contributed by atoms with Crippen molar-refractivity contribution >= 4 is 15.6 Å². The van der Waals surface area contributed by atoms with Gasteiger partial charge in [0.1, 0.15) is 5.78 Å². The number of sulfone groups is 1. The van der Waals surface area contributed by atoms with E-state index in [0.717, 1.165) is 6.07 Å². The predicted molar refractivity (Wildman–Crippen MR) is 67.8 cm³/mol. The van der Waals surface area contributed by atoms with Gasteiger partial charge in [-0.15, -0.1) is 0 Å². The molecule has 0 aliphatic rings. The van der Waals surface area contributed by atoms with Gasteiger partial charge in [0.25, 0.3) is 9.84 Å². The maximum absolute atomic E-state index is 12.6. The Labute approximate surface area is 115 Å². The molecule has 0 unspecified atom stereocenters. The molecule has 0 saturated heterocycles. The molecule has 7 heteroatoms. The molecule has 0 heterocycles. The lowest BCUT2D eigenvalue weighted by Crippen LogP contribution is -2.25. The van der Waals surface area contributed by atoms with E-state index in [4.69, 9.17) is 0 Å². The van der Waals surface area contributed by atoms with E-state index in [-0.39, 0.29) is 30.1 Å². The van der Waals surface area contributed by atoms with Crippen LogP contribution in [0.5, 0.6) is 0 Å². The van der Waals surface area contributed by atoms with Crippen molar-refractivity contribution in [2.75, 3.05) is 0 Å². The molecular formula is C13H15F3O3S. The molecular weight excluding hydrogens is 293 g/mol. The molecule has 1 rings (SSSR count). The van der Waals surface area contributed by atoms with Crippen LogP contribution >= 0.6 is 0 Å². The minimum Gasteiger partial charge on any atom is -0.299 e. The summed E-state index contributed by atoms with van der Waals surface area (Å²) in [5.74, 6) is -0.223. The average Bonchev–Trinajstić information content (AvgIpc) is 2.26. The fourth-order valence-corrected chi connectivity index (χ4v) is 2.77. The van der Waals surface area contributed by atoms with Crippen molar-refractivity contribution in [3.05, 3.63) is 29.8 Å². The highest BCUT2D eigenvalue weighted by Gasteiger charge is 2.47. The maximum atomic E-state index is 12.6. The number of benzene rings is 1. The van der Waals surface area contributed by atoms with Crippen LogP contribution in [0.3, 0.4) is 0 Å². The molecule has 3 nitrogen and oxygen atoms in total. The monoisotopic (exact) mass is 308 g/mol. The number of Topliss-reactive ketones (excluding diaryl/α,β-unsaturated/α-hetero) is 1. The summed E-state index contributed by atoms with van der Waals surface area (Å²) in [4.78, 5) is 10.8. The molecule has 0 radical (unpaired) electrons. The van der Waals surface area contributed by atoms with Crippen molar-refractivity contribution in [1.29, 1.82) is 0 Å². The summed E-state index contributed by atoms with van der Waals surface area (Å²) in [5, 5.41) is 0. The molecule has 0 aliphatic carbocycles. The van der Waals surface area contributed by atoms with Gasteiger partial charge in [-0.05, 0) is 17.5 Å². The highest BCUT2D eigenvalue weighted by atomic mass is 32.2. The first-order chi connectivity index (χ1) is 9.05. The molecule has 20 heavy (non-hydrogen) atoms. The fraction of sp³-hybridized carbons (Fsp3) is 0.462. The van der Waals surface area contributed by atoms with Gasteiger partial charge < -0.3 is 0 Å². The topological polar surface area (TPSA) is 51.2 Å². The third-order valence-electron chi connectivity index (χ3n) is 2.59. The van der Waals surface area contributed by atoms with E-state index < -0.39 is 20.2 Å². The first kappa shape index (κ1) is 16.7. The molecule has 0 aromatic heterocycles. The molecule has 0 amide bonds. The Morgan fingerprint density at radius 1 is 1.20 bits per heavy atom. The zero-order valence-electron chi connectivity index (χ0n) is 11.1. The molecule has 0 spiro atoms. The number of carbonyl (C=O) groups is 1. The van der Waals surface area contributed by atoms with Gasteiger partial charge in [0, 0.05) is 12.8 Å². The van der Waals surface area contributed by atoms with E-state index in [1.807, 2.05) is 0 Å². The smallest absolute Gasteiger partial charge is 0.299 e. The van der Waals surface area contributed by atoms with Gasteiger partial charge in [0.2, 0.25) is 0 Å². The molecule has 0 saturated carbocycles. The average molecular weight is 308 g/mol. The SMILES string of the molecule is CC(C)CC(=O)Cc1ccccc1S(=O)(=O)C(F)(F)F. The second-order valence-electron chi connectivity index (χ2n) is 4.87. The van der Waals surface area contributed by atoms with E-state index in [1.54, 1.807) is 13.8 Å². The highest BCUT2D eigenvalue weighted by Crippen LogP contribution is 2.32. The lowest BCUT2D eigenvalue weighted by molar-refractivity contribution is -0.119. The predicted octanol–water partition coefficient (Wildman–Crippen LogP) is 3.14. The lowest BCUT2D eigenvalue weighted by atomic mass is 10.0. The van der Waals surface area contributed by atoms with E-state index in [1.165, 1.54) is 18.2 Å². The molecule has 0 N–H and O–H groups in total. The third kappa shape index (κ3) is 3.82. The number of carbonyl (C=O) groups excluding carboxylic acids is 1. The van der Waals surface area contributed by atoms with Crippen LogP contribution in [-0.4, -0.2) is 19.7 Å². The van der Waals surface area contributed by atoms with Gasteiger partial charge in [0.15, 0.2) is 0 Å². The van der Waals surface area contributed by atoms with Crippen LogP contribution in [0.15, 0.2) is 29.2 Å². The van der Waals surface area contributed by atoms with Gasteiger partial charge in [0.05, 0.1) is 4.90 Å². The minimum absolute atomic E-state index is 0.0638. The number of rotatable bonds is 5. The highest BCUT2D eigenvalue weighted by molar-refractivity contribution is 7.92. The number of ketones is 1. The number of alkyl halides is 3. The van der Waals surface area contributed by atoms with Gasteiger partial charge in [-0.1, -0.05) is 32.0 Å². The normalized spacial score (nSPS) is 12.7. The van der Waals surface area contributed by atoms with Crippen LogP contribution in [0.4, 0.5) is 13.2 Å². The van der Waals surface area contributed by atoms with E-state index >= 15 is 0 Å². The Bertz CT molecular complexity index is 589. The standard InChI is InChI=1S/C13H15F3O3S/c1-9(2)7-11(17)8-10-5-3-4-6-12(10)20(18,19)13(14,15)16/h3-6,9H,7-8H2,1-2H3. The van der Waals surface area contributed by atoms with Crippen molar-refractivity contribution in [3.63, 3.8) is 0 Å². The fourth-order valence-electron chi connectivity index (χ4n) is 1.78. The summed E-state index contributed by atoms with van der Waals surface area (Å²) in [6, 6.07) is 4.72. The first-order valence-corrected chi connectivity index (χ1v) is 7.45. The van der Waals surface area contributed by atoms with Crippen LogP contribution in [0, 0.1) is 5.92 Å². The molecule has 0 aliphatic heterocycles. The van der Waals surface area contributed by atoms with E-state index in [2.05, 4.69) is 0 Å². The summed E-state index contributed by atoms with van der Waals surface area (Å²) >= 11 is 0. The molecule has 0 bridgehead atoms. The second kappa shape index (κ2) is 5.95. The largest absolute Gasteiger partial charge is 0.501 e. The summed E-state index contributed by atoms with van der Waals surface area (Å²) in [6.07, 6.45) is -0.121. The quantitative estimate of drug-likeness (QED) is 0.839. The van der Waals surface area contributed by atoms with Gasteiger partial charge >= 0.3 is 5.51 Å². The summed E-state index contributed by atoms with van der Waals surface area (Å²) < 4.78 is 60.6. The van der Waals surface area contributed by atoms with Crippen LogP contribution in [-0.2, 0) is 21.1 Å². The van der Waals surface area contributed by atoms with Crippen molar-refractivity contribution in [3.8, 4) is 0 Å².